The number of benzene rings is 5. The quantitative estimate of drug-likeness (QED) is 0.242. The summed E-state index contributed by atoms with van der Waals surface area (Å²) in [4.78, 5) is 0. The largest absolute Gasteiger partial charge is 0.0713 e. The minimum Gasteiger partial charge on any atom is -0.0622 e. The highest BCUT2D eigenvalue weighted by Gasteiger charge is 2.46. The normalized spacial score (nSPS) is 13.4. The fraction of sp³-hybridized carbons (Fsp3) is 0.0323. The zero-order valence-corrected chi connectivity index (χ0v) is 19.1. The summed E-state index contributed by atoms with van der Waals surface area (Å²) < 4.78 is 1.11. The van der Waals surface area contributed by atoms with Gasteiger partial charge in [-0.05, 0) is 50.6 Å². The summed E-state index contributed by atoms with van der Waals surface area (Å²) in [6.07, 6.45) is 0. The van der Waals surface area contributed by atoms with Crippen LogP contribution in [0.5, 0.6) is 0 Å². The maximum atomic E-state index is 3.80. The van der Waals surface area contributed by atoms with E-state index in [4.69, 9.17) is 0 Å². The molecule has 1 aliphatic carbocycles. The van der Waals surface area contributed by atoms with E-state index in [2.05, 4.69) is 143 Å². The number of fused-ring (bicyclic) bond motifs is 3. The van der Waals surface area contributed by atoms with Crippen LogP contribution in [0.2, 0.25) is 0 Å². The number of halogens is 1. The molecule has 152 valence electrons. The van der Waals surface area contributed by atoms with Crippen molar-refractivity contribution in [3.63, 3.8) is 0 Å². The molecular formula is C31H21Br. The van der Waals surface area contributed by atoms with Crippen molar-refractivity contribution in [1.82, 2.24) is 0 Å². The van der Waals surface area contributed by atoms with E-state index in [1.165, 1.54) is 44.5 Å². The van der Waals surface area contributed by atoms with Gasteiger partial charge >= 0.3 is 0 Å². The monoisotopic (exact) mass is 472 g/mol. The van der Waals surface area contributed by atoms with Crippen molar-refractivity contribution in [3.05, 3.63) is 154 Å². The van der Waals surface area contributed by atoms with Gasteiger partial charge in [-0.25, -0.2) is 0 Å². The molecule has 0 radical (unpaired) electrons. The molecule has 5 aromatic carbocycles. The average Bonchev–Trinajstić information content (AvgIpc) is 3.17. The molecule has 0 aromatic heterocycles. The van der Waals surface area contributed by atoms with E-state index >= 15 is 0 Å². The van der Waals surface area contributed by atoms with Crippen molar-refractivity contribution in [1.29, 1.82) is 0 Å². The van der Waals surface area contributed by atoms with Crippen LogP contribution in [0.3, 0.4) is 0 Å². The first-order valence-corrected chi connectivity index (χ1v) is 11.7. The highest BCUT2D eigenvalue weighted by atomic mass is 79.9. The van der Waals surface area contributed by atoms with Crippen LogP contribution in [-0.4, -0.2) is 0 Å². The smallest absolute Gasteiger partial charge is 0.0622 e. The lowest BCUT2D eigenvalue weighted by Gasteiger charge is -2.34. The molecule has 0 bridgehead atoms. The molecule has 1 aliphatic rings. The van der Waals surface area contributed by atoms with Crippen molar-refractivity contribution in [2.45, 2.75) is 5.41 Å². The SMILES string of the molecule is Brc1ccccc1-c1cccc2c1-c1ccccc1C2(c1ccccc1)c1ccccc1. The summed E-state index contributed by atoms with van der Waals surface area (Å²) in [7, 11) is 0. The molecule has 0 amide bonds. The molecule has 0 aliphatic heterocycles. The topological polar surface area (TPSA) is 0 Å². The molecule has 0 heterocycles. The summed E-state index contributed by atoms with van der Waals surface area (Å²) in [6, 6.07) is 46.1. The average molecular weight is 473 g/mol. The number of hydrogen-bond donors (Lipinski definition) is 0. The second kappa shape index (κ2) is 7.62. The maximum absolute atomic E-state index is 3.80. The predicted octanol–water partition coefficient (Wildman–Crippen LogP) is 8.48. The van der Waals surface area contributed by atoms with Gasteiger partial charge in [-0.1, -0.05) is 137 Å². The van der Waals surface area contributed by atoms with Crippen LogP contribution in [0.15, 0.2) is 132 Å². The Hall–Kier alpha value is -3.42. The molecule has 5 aromatic rings. The summed E-state index contributed by atoms with van der Waals surface area (Å²) in [5.74, 6) is 0. The van der Waals surface area contributed by atoms with Gasteiger partial charge in [0.05, 0.1) is 5.41 Å². The summed E-state index contributed by atoms with van der Waals surface area (Å²) >= 11 is 3.80. The van der Waals surface area contributed by atoms with Crippen molar-refractivity contribution < 1.29 is 0 Å². The molecule has 6 rings (SSSR count). The molecule has 0 atom stereocenters. The van der Waals surface area contributed by atoms with Crippen LogP contribution in [0, 0.1) is 0 Å². The zero-order valence-electron chi connectivity index (χ0n) is 17.5. The van der Waals surface area contributed by atoms with E-state index in [0.717, 1.165) is 4.47 Å². The summed E-state index contributed by atoms with van der Waals surface area (Å²) in [5, 5.41) is 0. The van der Waals surface area contributed by atoms with Gasteiger partial charge < -0.3 is 0 Å². The van der Waals surface area contributed by atoms with Crippen LogP contribution in [-0.2, 0) is 5.41 Å². The van der Waals surface area contributed by atoms with Gasteiger partial charge in [0.15, 0.2) is 0 Å². The summed E-state index contributed by atoms with van der Waals surface area (Å²) in [5.41, 5.74) is 10.0. The van der Waals surface area contributed by atoms with Gasteiger partial charge in [-0.2, -0.15) is 0 Å². The first-order chi connectivity index (χ1) is 15.8. The van der Waals surface area contributed by atoms with E-state index in [0.29, 0.717) is 0 Å². The van der Waals surface area contributed by atoms with Crippen LogP contribution in [0.4, 0.5) is 0 Å². The Morgan fingerprint density at radius 1 is 0.406 bits per heavy atom. The lowest BCUT2D eigenvalue weighted by atomic mass is 9.67. The molecule has 0 spiro atoms. The molecule has 1 heteroatoms. The molecule has 0 unspecified atom stereocenters. The van der Waals surface area contributed by atoms with Crippen molar-refractivity contribution in [2.24, 2.45) is 0 Å². The third-order valence-electron chi connectivity index (χ3n) is 6.65. The first kappa shape index (κ1) is 19.3. The van der Waals surface area contributed by atoms with E-state index in [1.54, 1.807) is 0 Å². The minimum absolute atomic E-state index is 0.355. The lowest BCUT2D eigenvalue weighted by Crippen LogP contribution is -2.28. The van der Waals surface area contributed by atoms with E-state index in [9.17, 15) is 0 Å². The van der Waals surface area contributed by atoms with Crippen molar-refractivity contribution >= 4 is 15.9 Å². The molecule has 32 heavy (non-hydrogen) atoms. The highest BCUT2D eigenvalue weighted by molar-refractivity contribution is 9.10. The molecule has 0 nitrogen and oxygen atoms in total. The Bertz CT molecular complexity index is 1380. The molecule has 0 saturated carbocycles. The number of rotatable bonds is 3. The molecule has 0 saturated heterocycles. The Balaban J connectivity index is 1.79. The Morgan fingerprint density at radius 3 is 1.56 bits per heavy atom. The lowest BCUT2D eigenvalue weighted by molar-refractivity contribution is 0.768. The fourth-order valence-electron chi connectivity index (χ4n) is 5.40. The van der Waals surface area contributed by atoms with E-state index < -0.39 is 0 Å². The van der Waals surface area contributed by atoms with E-state index in [-0.39, 0.29) is 5.41 Å². The maximum Gasteiger partial charge on any atom is 0.0713 e. The van der Waals surface area contributed by atoms with Crippen molar-refractivity contribution in [2.75, 3.05) is 0 Å². The third-order valence-corrected chi connectivity index (χ3v) is 7.34. The Kier molecular flexibility index (Phi) is 4.59. The van der Waals surface area contributed by atoms with Crippen LogP contribution in [0.25, 0.3) is 22.3 Å². The Labute approximate surface area is 197 Å². The van der Waals surface area contributed by atoms with E-state index in [1.807, 2.05) is 0 Å². The van der Waals surface area contributed by atoms with Crippen molar-refractivity contribution in [3.8, 4) is 22.3 Å². The second-order valence-electron chi connectivity index (χ2n) is 8.24. The third kappa shape index (κ3) is 2.68. The van der Waals surface area contributed by atoms with Crippen LogP contribution < -0.4 is 0 Å². The van der Waals surface area contributed by atoms with Gasteiger partial charge in [0.25, 0.3) is 0 Å². The van der Waals surface area contributed by atoms with Crippen LogP contribution >= 0.6 is 15.9 Å². The molecule has 0 N–H and O–H groups in total. The first-order valence-electron chi connectivity index (χ1n) is 10.9. The Morgan fingerprint density at radius 2 is 0.906 bits per heavy atom. The van der Waals surface area contributed by atoms with Gasteiger partial charge in [-0.3, -0.25) is 0 Å². The standard InChI is InChI=1S/C31H21Br/c32-29-21-10-8-16-24(29)25-18-11-20-28-30(25)26-17-7-9-19-27(26)31(28,22-12-3-1-4-13-22)23-14-5-2-6-15-23/h1-21H. The molecular weight excluding hydrogens is 452 g/mol. The molecule has 0 fully saturated rings. The summed E-state index contributed by atoms with van der Waals surface area (Å²) in [6.45, 7) is 0. The fourth-order valence-corrected chi connectivity index (χ4v) is 5.90. The van der Waals surface area contributed by atoms with Crippen LogP contribution in [0.1, 0.15) is 22.3 Å². The van der Waals surface area contributed by atoms with Gasteiger partial charge in [0, 0.05) is 4.47 Å². The minimum atomic E-state index is -0.355. The van der Waals surface area contributed by atoms with Gasteiger partial charge in [0.1, 0.15) is 0 Å². The predicted molar refractivity (Wildman–Crippen MR) is 137 cm³/mol. The van der Waals surface area contributed by atoms with Gasteiger partial charge in [0.2, 0.25) is 0 Å². The van der Waals surface area contributed by atoms with Gasteiger partial charge in [-0.15, -0.1) is 0 Å². The second-order valence-corrected chi connectivity index (χ2v) is 9.09. The number of hydrogen-bond acceptors (Lipinski definition) is 0. The zero-order chi connectivity index (χ0) is 21.5. The highest BCUT2D eigenvalue weighted by Crippen LogP contribution is 2.58.